The molecule has 1 N–H and O–H groups in total. The number of piperazine rings is 1. The van der Waals surface area contributed by atoms with Gasteiger partial charge in [-0.1, -0.05) is 0 Å². The lowest BCUT2D eigenvalue weighted by atomic mass is 10.1. The van der Waals surface area contributed by atoms with Gasteiger partial charge in [0, 0.05) is 51.6 Å². The number of amides is 3. The van der Waals surface area contributed by atoms with Crippen molar-refractivity contribution in [2.45, 2.75) is 13.8 Å². The second-order valence-corrected chi connectivity index (χ2v) is 6.00. The van der Waals surface area contributed by atoms with Crippen molar-refractivity contribution in [2.75, 3.05) is 57.1 Å². The Balaban J connectivity index is 1.91. The lowest BCUT2D eigenvalue weighted by molar-refractivity contribution is 0.0868. The summed E-state index contributed by atoms with van der Waals surface area (Å²) in [6, 6.07) is 5.78. The summed E-state index contributed by atoms with van der Waals surface area (Å²) in [5, 5.41) is 2.95. The molecule has 0 aromatic heterocycles. The minimum absolute atomic E-state index is 0.140. The Kier molecular flexibility index (Phi) is 5.89. The molecule has 0 bridgehead atoms. The molecule has 1 aliphatic heterocycles. The number of benzene rings is 1. The third kappa shape index (κ3) is 4.31. The summed E-state index contributed by atoms with van der Waals surface area (Å²) in [6.07, 6.45) is -0.312. The van der Waals surface area contributed by atoms with Gasteiger partial charge in [-0.25, -0.2) is 9.59 Å². The number of hydrogen-bond donors (Lipinski definition) is 1. The molecule has 0 atom stereocenters. The predicted octanol–water partition coefficient (Wildman–Crippen LogP) is 2.37. The zero-order chi connectivity index (χ0) is 17.7. The number of urea groups is 1. The number of nitrogens with one attached hydrogen (secondary N) is 1. The fourth-order valence-electron chi connectivity index (χ4n) is 2.57. The first-order valence-corrected chi connectivity index (χ1v) is 8.18. The largest absolute Gasteiger partial charge is 0.450 e. The van der Waals surface area contributed by atoms with Crippen molar-refractivity contribution in [3.63, 3.8) is 0 Å². The Bertz CT molecular complexity index is 595. The van der Waals surface area contributed by atoms with E-state index < -0.39 is 0 Å². The Morgan fingerprint density at radius 2 is 1.79 bits per heavy atom. The second kappa shape index (κ2) is 7.90. The van der Waals surface area contributed by atoms with Gasteiger partial charge in [0.25, 0.3) is 0 Å². The van der Waals surface area contributed by atoms with Crippen LogP contribution in [0.3, 0.4) is 0 Å². The Morgan fingerprint density at radius 3 is 2.33 bits per heavy atom. The molecule has 2 rings (SSSR count). The summed E-state index contributed by atoms with van der Waals surface area (Å²) in [5.74, 6) is 0. The minimum Gasteiger partial charge on any atom is -0.450 e. The van der Waals surface area contributed by atoms with Gasteiger partial charge in [0.2, 0.25) is 0 Å². The zero-order valence-electron chi connectivity index (χ0n) is 14.8. The van der Waals surface area contributed by atoms with Crippen LogP contribution in [0.5, 0.6) is 0 Å². The van der Waals surface area contributed by atoms with Gasteiger partial charge in [0.1, 0.15) is 0 Å². The molecule has 0 unspecified atom stereocenters. The summed E-state index contributed by atoms with van der Waals surface area (Å²) in [7, 11) is 3.96. The molecule has 0 radical (unpaired) electrons. The van der Waals surface area contributed by atoms with Crippen LogP contribution in [0.4, 0.5) is 21.0 Å². The molecule has 1 fully saturated rings. The average Bonchev–Trinajstić information content (AvgIpc) is 2.56. The van der Waals surface area contributed by atoms with E-state index in [-0.39, 0.29) is 12.1 Å². The number of rotatable bonds is 3. The first-order valence-electron chi connectivity index (χ1n) is 8.18. The van der Waals surface area contributed by atoms with E-state index in [9.17, 15) is 9.59 Å². The SMILES string of the molecule is CCOC(=O)N1CCN(C(=O)Nc2ccc(N(C)C)cc2C)CC1. The van der Waals surface area contributed by atoms with E-state index in [0.29, 0.717) is 32.8 Å². The Hall–Kier alpha value is -2.44. The van der Waals surface area contributed by atoms with Crippen molar-refractivity contribution in [2.24, 2.45) is 0 Å². The first-order chi connectivity index (χ1) is 11.4. The first kappa shape index (κ1) is 17.9. The van der Waals surface area contributed by atoms with E-state index in [0.717, 1.165) is 16.9 Å². The summed E-state index contributed by atoms with van der Waals surface area (Å²) in [5.41, 5.74) is 2.91. The average molecular weight is 334 g/mol. The molecule has 1 saturated heterocycles. The highest BCUT2D eigenvalue weighted by Crippen LogP contribution is 2.21. The van der Waals surface area contributed by atoms with Gasteiger partial charge < -0.3 is 24.8 Å². The molecule has 1 aromatic rings. The highest BCUT2D eigenvalue weighted by molar-refractivity contribution is 5.90. The third-order valence-electron chi connectivity index (χ3n) is 4.06. The summed E-state index contributed by atoms with van der Waals surface area (Å²) in [6.45, 7) is 6.10. The van der Waals surface area contributed by atoms with E-state index in [1.54, 1.807) is 16.7 Å². The van der Waals surface area contributed by atoms with Crippen LogP contribution in [0.15, 0.2) is 18.2 Å². The number of anilines is 2. The van der Waals surface area contributed by atoms with E-state index in [2.05, 4.69) is 5.32 Å². The fraction of sp³-hybridized carbons (Fsp3) is 0.529. The van der Waals surface area contributed by atoms with E-state index in [1.165, 1.54) is 0 Å². The molecular formula is C17H26N4O3. The molecule has 24 heavy (non-hydrogen) atoms. The van der Waals surface area contributed by atoms with Crippen LogP contribution in [0, 0.1) is 6.92 Å². The van der Waals surface area contributed by atoms with E-state index in [1.807, 2.05) is 44.1 Å². The van der Waals surface area contributed by atoms with Gasteiger partial charge >= 0.3 is 12.1 Å². The van der Waals surface area contributed by atoms with Crippen LogP contribution in [-0.4, -0.2) is 68.8 Å². The standard InChI is InChI=1S/C17H26N4O3/c1-5-24-17(23)21-10-8-20(9-11-21)16(22)18-15-7-6-14(19(3)4)12-13(15)2/h6-7,12H,5,8-11H2,1-4H3,(H,18,22). The summed E-state index contributed by atoms with van der Waals surface area (Å²) < 4.78 is 4.98. The van der Waals surface area contributed by atoms with Gasteiger partial charge in [-0.3, -0.25) is 0 Å². The molecule has 132 valence electrons. The molecule has 0 saturated carbocycles. The van der Waals surface area contributed by atoms with Crippen molar-refractivity contribution in [1.82, 2.24) is 9.80 Å². The molecule has 0 spiro atoms. The van der Waals surface area contributed by atoms with E-state index in [4.69, 9.17) is 4.74 Å². The fourth-order valence-corrected chi connectivity index (χ4v) is 2.57. The summed E-state index contributed by atoms with van der Waals surface area (Å²) >= 11 is 0. The Labute approximate surface area is 143 Å². The predicted molar refractivity (Wildman–Crippen MR) is 94.7 cm³/mol. The molecular weight excluding hydrogens is 308 g/mol. The summed E-state index contributed by atoms with van der Waals surface area (Å²) in [4.78, 5) is 29.5. The normalized spacial score (nSPS) is 14.3. The van der Waals surface area contributed by atoms with Crippen molar-refractivity contribution >= 4 is 23.5 Å². The Morgan fingerprint density at radius 1 is 1.17 bits per heavy atom. The molecule has 1 aliphatic rings. The smallest absolute Gasteiger partial charge is 0.409 e. The highest BCUT2D eigenvalue weighted by atomic mass is 16.6. The number of carbonyl (C=O) groups excluding carboxylic acids is 2. The molecule has 7 nitrogen and oxygen atoms in total. The van der Waals surface area contributed by atoms with Crippen LogP contribution in [-0.2, 0) is 4.74 Å². The van der Waals surface area contributed by atoms with Gasteiger partial charge in [0.05, 0.1) is 6.61 Å². The number of ether oxygens (including phenoxy) is 1. The van der Waals surface area contributed by atoms with Gasteiger partial charge in [-0.15, -0.1) is 0 Å². The number of nitrogens with zero attached hydrogens (tertiary/aromatic N) is 3. The molecule has 0 aliphatic carbocycles. The van der Waals surface area contributed by atoms with Crippen molar-refractivity contribution in [3.8, 4) is 0 Å². The maximum atomic E-state index is 12.4. The second-order valence-electron chi connectivity index (χ2n) is 6.00. The maximum Gasteiger partial charge on any atom is 0.409 e. The maximum absolute atomic E-state index is 12.4. The minimum atomic E-state index is -0.312. The third-order valence-corrected chi connectivity index (χ3v) is 4.06. The van der Waals surface area contributed by atoms with Crippen molar-refractivity contribution < 1.29 is 14.3 Å². The lowest BCUT2D eigenvalue weighted by Crippen LogP contribution is -2.51. The monoisotopic (exact) mass is 334 g/mol. The van der Waals surface area contributed by atoms with Gasteiger partial charge in [-0.05, 0) is 37.6 Å². The topological polar surface area (TPSA) is 65.1 Å². The molecule has 7 heteroatoms. The van der Waals surface area contributed by atoms with Crippen LogP contribution in [0.25, 0.3) is 0 Å². The van der Waals surface area contributed by atoms with Crippen LogP contribution in [0.1, 0.15) is 12.5 Å². The highest BCUT2D eigenvalue weighted by Gasteiger charge is 2.25. The van der Waals surface area contributed by atoms with Crippen LogP contribution in [0.2, 0.25) is 0 Å². The van der Waals surface area contributed by atoms with Gasteiger partial charge in [-0.2, -0.15) is 0 Å². The number of hydrogen-bond acceptors (Lipinski definition) is 4. The molecule has 1 heterocycles. The van der Waals surface area contributed by atoms with Crippen LogP contribution < -0.4 is 10.2 Å². The lowest BCUT2D eigenvalue weighted by Gasteiger charge is -2.34. The van der Waals surface area contributed by atoms with Crippen LogP contribution >= 0.6 is 0 Å². The van der Waals surface area contributed by atoms with Gasteiger partial charge in [0.15, 0.2) is 0 Å². The van der Waals surface area contributed by atoms with Crippen molar-refractivity contribution in [1.29, 1.82) is 0 Å². The molecule has 3 amide bonds. The van der Waals surface area contributed by atoms with E-state index >= 15 is 0 Å². The molecule has 1 aromatic carbocycles. The number of aryl methyl sites for hydroxylation is 1. The quantitative estimate of drug-likeness (QED) is 0.922. The van der Waals surface area contributed by atoms with Crippen molar-refractivity contribution in [3.05, 3.63) is 23.8 Å². The number of carbonyl (C=O) groups is 2. The zero-order valence-corrected chi connectivity index (χ0v) is 14.8.